The van der Waals surface area contributed by atoms with E-state index in [1.165, 1.54) is 27.2 Å². The highest BCUT2D eigenvalue weighted by molar-refractivity contribution is 7.89. The quantitative estimate of drug-likeness (QED) is 0.157. The number of sulfonamides is 1. The first kappa shape index (κ1) is 58.0. The Labute approximate surface area is 415 Å². The van der Waals surface area contributed by atoms with E-state index in [1.54, 1.807) is 64.6 Å². The Morgan fingerprint density at radius 2 is 1.67 bits per heavy atom. The first-order valence-corrected chi connectivity index (χ1v) is 26.2. The normalized spacial score (nSPS) is 40.1. The number of methoxy groups -OCH3 is 2. The van der Waals surface area contributed by atoms with E-state index in [2.05, 4.69) is 10.3 Å². The predicted octanol–water partition coefficient (Wildman–Crippen LogP) is 2.08. The molecule has 20 nitrogen and oxygen atoms in total. The maximum atomic E-state index is 14.6. The number of aliphatic hydroxyl groups is 5. The van der Waals surface area contributed by atoms with E-state index in [0.29, 0.717) is 38.2 Å². The highest BCUT2D eigenvalue weighted by atomic mass is 32.2. The van der Waals surface area contributed by atoms with Gasteiger partial charge in [-0.2, -0.15) is 0 Å². The minimum atomic E-state index is -3.98. The van der Waals surface area contributed by atoms with E-state index in [1.807, 2.05) is 44.7 Å². The molecular weight excluding hydrogens is 929 g/mol. The van der Waals surface area contributed by atoms with Gasteiger partial charge in [-0.15, -0.1) is 5.10 Å². The number of hydrogen-bond acceptors (Lipinski definition) is 18. The van der Waals surface area contributed by atoms with E-state index in [4.69, 9.17) is 33.6 Å². The van der Waals surface area contributed by atoms with E-state index in [9.17, 15) is 38.7 Å². The van der Waals surface area contributed by atoms with Gasteiger partial charge in [-0.25, -0.2) is 18.2 Å². The van der Waals surface area contributed by atoms with Crippen LogP contribution in [0.3, 0.4) is 0 Å². The maximum absolute atomic E-state index is 14.6. The van der Waals surface area contributed by atoms with Crippen molar-refractivity contribution in [2.45, 2.75) is 197 Å². The zero-order valence-corrected chi connectivity index (χ0v) is 44.6. The molecule has 0 bridgehead atoms. The number of carbonyl (C=O) groups excluding carboxylic acids is 1. The Morgan fingerprint density at radius 1 is 1.00 bits per heavy atom. The van der Waals surface area contributed by atoms with Crippen LogP contribution in [0.1, 0.15) is 106 Å². The minimum Gasteiger partial charge on any atom is -0.495 e. The SMILES string of the molecule is CC[C@H]1OC(=O)[C@H](C)[C@@H](C2C[C@@](C)(OC)[C@@H](O)[C@H](C)O2)[C@H](C)[C@@H](O[C@@H]2O[C@H](C)C[C@H](N(C)CCc3cn(Cc4ccc(S(N)(=O)=O)c(OC)c4)nn3)[C@H]2O)[C@](C)(O)C[C@@H](C)CN(C)[C@H](C)[C@@H](O)[C@]1(C)O. The summed E-state index contributed by atoms with van der Waals surface area (Å²) in [5.74, 6) is -3.11. The van der Waals surface area contributed by atoms with Crippen LogP contribution in [0, 0.1) is 23.7 Å². The van der Waals surface area contributed by atoms with Gasteiger partial charge in [-0.1, -0.05) is 39.0 Å². The van der Waals surface area contributed by atoms with Crippen LogP contribution in [-0.2, 0) is 51.5 Å². The number of nitrogens with two attached hydrogens (primary N) is 1. The van der Waals surface area contributed by atoms with Crippen molar-refractivity contribution in [2.75, 3.05) is 41.4 Å². The number of rotatable bonds is 13. The van der Waals surface area contributed by atoms with Crippen molar-refractivity contribution in [3.05, 3.63) is 35.7 Å². The summed E-state index contributed by atoms with van der Waals surface area (Å²) < 4.78 is 63.0. The first-order chi connectivity index (χ1) is 32.5. The average Bonchev–Trinajstić information content (AvgIpc) is 3.74. The lowest BCUT2D eigenvalue weighted by Crippen LogP contribution is -2.62. The number of carbonyl (C=O) groups is 1. The van der Waals surface area contributed by atoms with Crippen molar-refractivity contribution in [1.82, 2.24) is 24.8 Å². The number of benzene rings is 1. The fraction of sp³-hybridized carbons (Fsp3) is 0.816. The number of esters is 1. The largest absolute Gasteiger partial charge is 0.495 e. The summed E-state index contributed by atoms with van der Waals surface area (Å²) >= 11 is 0. The van der Waals surface area contributed by atoms with E-state index < -0.39 is 112 Å². The Balaban J connectivity index is 1.45. The standard InChI is InChI=1S/C49H84N6O14S/c1-15-39-49(10,61)42(57)31(6)54(12)24-27(2)22-47(8,60)44(29(4)40(30(5)45(59)68-39)37-23-48(9,65-14)43(58)32(7)67-37)69-46-41(56)35(20-28(3)66-46)53(11)19-18-34-26-55(52-51-34)25-33-16-17-38(70(50,62)63)36(21-33)64-13/h16-17,21,26-32,35,37,39-44,46,56-58,60-61H,15,18-20,22-25H2,1-14H3,(H2,50,62,63)/t27-,28-,29+,30-,31-,32+,35+,37?,39-,40+,41-,42-,43+,44-,46+,47-,48-,49-/m1/s1. The van der Waals surface area contributed by atoms with Crippen LogP contribution in [0.5, 0.6) is 5.75 Å². The Morgan fingerprint density at radius 3 is 2.29 bits per heavy atom. The number of hydrogen-bond donors (Lipinski definition) is 6. The van der Waals surface area contributed by atoms with Crippen LogP contribution in [0.25, 0.3) is 0 Å². The van der Waals surface area contributed by atoms with Gasteiger partial charge >= 0.3 is 5.97 Å². The molecule has 1 unspecified atom stereocenters. The topological polar surface area (TPSA) is 271 Å². The molecule has 0 spiro atoms. The third-order valence-corrected chi connectivity index (χ3v) is 16.6. The maximum Gasteiger partial charge on any atom is 0.309 e. The van der Waals surface area contributed by atoms with Crippen LogP contribution in [0.4, 0.5) is 0 Å². The second kappa shape index (κ2) is 23.1. The van der Waals surface area contributed by atoms with Crippen LogP contribution in [0.2, 0.25) is 0 Å². The van der Waals surface area contributed by atoms with Gasteiger partial charge in [0.2, 0.25) is 10.0 Å². The van der Waals surface area contributed by atoms with Gasteiger partial charge in [0.25, 0.3) is 0 Å². The van der Waals surface area contributed by atoms with Gasteiger partial charge in [0.05, 0.1) is 60.9 Å². The summed E-state index contributed by atoms with van der Waals surface area (Å²) in [4.78, 5) is 18.4. The van der Waals surface area contributed by atoms with Crippen molar-refractivity contribution >= 4 is 16.0 Å². The van der Waals surface area contributed by atoms with Gasteiger partial charge in [-0.05, 0) is 104 Å². The van der Waals surface area contributed by atoms with Gasteiger partial charge in [-0.3, -0.25) is 4.79 Å². The molecule has 3 saturated heterocycles. The number of aromatic nitrogens is 3. The van der Waals surface area contributed by atoms with Crippen LogP contribution in [0.15, 0.2) is 29.3 Å². The zero-order chi connectivity index (χ0) is 52.4. The molecule has 21 heteroatoms. The smallest absolute Gasteiger partial charge is 0.309 e. The molecule has 2 aromatic rings. The van der Waals surface area contributed by atoms with E-state index >= 15 is 0 Å². The summed E-state index contributed by atoms with van der Waals surface area (Å²) in [6.07, 6.45) is -5.38. The number of aliphatic hydroxyl groups excluding tert-OH is 3. The summed E-state index contributed by atoms with van der Waals surface area (Å²) in [6.45, 7) is 19.0. The molecule has 1 aromatic heterocycles. The van der Waals surface area contributed by atoms with Crippen molar-refractivity contribution in [3.63, 3.8) is 0 Å². The number of cyclic esters (lactones) is 1. The summed E-state index contributed by atoms with van der Waals surface area (Å²) in [5.41, 5.74) is -3.10. The molecule has 70 heavy (non-hydrogen) atoms. The lowest BCUT2D eigenvalue weighted by molar-refractivity contribution is -0.302. The number of nitrogens with zero attached hydrogens (tertiary/aromatic N) is 5. The molecule has 0 amide bonds. The third-order valence-electron chi connectivity index (χ3n) is 15.6. The molecule has 0 aliphatic carbocycles. The highest BCUT2D eigenvalue weighted by Crippen LogP contribution is 2.45. The lowest BCUT2D eigenvalue weighted by Gasteiger charge is -2.51. The van der Waals surface area contributed by atoms with Crippen LogP contribution >= 0.6 is 0 Å². The summed E-state index contributed by atoms with van der Waals surface area (Å²) in [5, 5.41) is 74.0. The third kappa shape index (κ3) is 13.1. The molecule has 7 N–H and O–H groups in total. The molecule has 18 atom stereocenters. The summed E-state index contributed by atoms with van der Waals surface area (Å²) in [7, 11) is 2.65. The van der Waals surface area contributed by atoms with Crippen molar-refractivity contribution < 1.29 is 67.2 Å². The molecule has 3 aliphatic heterocycles. The zero-order valence-electron chi connectivity index (χ0n) is 43.8. The molecule has 4 heterocycles. The Bertz CT molecular complexity index is 2150. The Kier molecular flexibility index (Phi) is 19.1. The summed E-state index contributed by atoms with van der Waals surface area (Å²) in [6, 6.07) is 3.59. The Hall–Kier alpha value is -2.90. The second-order valence-electron chi connectivity index (χ2n) is 21.5. The average molecular weight is 1010 g/mol. The molecular formula is C49H84N6O14S. The van der Waals surface area contributed by atoms with Crippen LogP contribution in [-0.4, -0.2) is 190 Å². The molecule has 3 aliphatic rings. The molecule has 5 rings (SSSR count). The lowest BCUT2D eigenvalue weighted by atomic mass is 9.68. The molecule has 3 fully saturated rings. The number of primary sulfonamides is 1. The molecule has 1 aromatic carbocycles. The first-order valence-electron chi connectivity index (χ1n) is 24.7. The highest BCUT2D eigenvalue weighted by Gasteiger charge is 2.55. The van der Waals surface area contributed by atoms with Crippen LogP contribution < -0.4 is 9.88 Å². The van der Waals surface area contributed by atoms with Gasteiger partial charge in [0.15, 0.2) is 6.29 Å². The molecule has 400 valence electrons. The van der Waals surface area contributed by atoms with Crippen molar-refractivity contribution in [2.24, 2.45) is 28.8 Å². The fourth-order valence-corrected chi connectivity index (χ4v) is 12.1. The fourth-order valence-electron chi connectivity index (χ4n) is 11.4. The second-order valence-corrected chi connectivity index (χ2v) is 23.0. The number of likely N-dealkylation sites (N-methyl/N-ethyl adjacent to an activating group) is 2. The van der Waals surface area contributed by atoms with Gasteiger partial charge in [0, 0.05) is 57.2 Å². The van der Waals surface area contributed by atoms with Crippen molar-refractivity contribution in [3.8, 4) is 5.75 Å². The molecule has 0 saturated carbocycles. The predicted molar refractivity (Wildman–Crippen MR) is 259 cm³/mol. The van der Waals surface area contributed by atoms with Gasteiger partial charge in [0.1, 0.15) is 40.7 Å². The van der Waals surface area contributed by atoms with E-state index in [-0.39, 0.29) is 41.9 Å². The monoisotopic (exact) mass is 1010 g/mol. The minimum absolute atomic E-state index is 0.118. The van der Waals surface area contributed by atoms with Crippen molar-refractivity contribution in [1.29, 1.82) is 0 Å². The van der Waals surface area contributed by atoms with Gasteiger partial charge < -0.3 is 63.8 Å². The number of ether oxygens (including phenoxy) is 6. The molecule has 0 radical (unpaired) electrons. The van der Waals surface area contributed by atoms with E-state index in [0.717, 1.165) is 5.56 Å².